The van der Waals surface area contributed by atoms with E-state index in [0.29, 0.717) is 4.47 Å². The standard InChI is InChI=1S/C19H13Br2NO5S2/c20-4-1-6(13(23)8(21)2-4)10-9-5-3-7(12-11(5)17(24)27-18(12)25)14(9)28-16-15(10)29-19(26)22-16/h1-2,5,7,9-12,14,23H,3H2,(H,22,26)/t5-,7+,9-,10+,11+,12-,14-/m0/s1. The number of ether oxygens (including phenoxy) is 1. The van der Waals surface area contributed by atoms with Crippen molar-refractivity contribution < 1.29 is 19.4 Å². The van der Waals surface area contributed by atoms with Gasteiger partial charge in [-0.1, -0.05) is 27.3 Å². The summed E-state index contributed by atoms with van der Waals surface area (Å²) >= 11 is 9.69. The molecule has 150 valence electrons. The smallest absolute Gasteiger partial charge is 0.317 e. The maximum atomic E-state index is 12.4. The lowest BCUT2D eigenvalue weighted by molar-refractivity contribution is -0.154. The van der Waals surface area contributed by atoms with Gasteiger partial charge in [-0.05, 0) is 52.2 Å². The van der Waals surface area contributed by atoms with Crippen LogP contribution in [0.1, 0.15) is 22.8 Å². The number of H-pyrrole nitrogens is 1. The Bertz CT molecular complexity index is 1160. The summed E-state index contributed by atoms with van der Waals surface area (Å²) in [6.45, 7) is 0. The first kappa shape index (κ1) is 18.7. The number of carbonyl (C=O) groups excluding carboxylic acids is 2. The van der Waals surface area contributed by atoms with Crippen molar-refractivity contribution in [2.45, 2.75) is 22.6 Å². The quantitative estimate of drug-likeness (QED) is 0.407. The van der Waals surface area contributed by atoms with Crippen molar-refractivity contribution in [1.29, 1.82) is 0 Å². The first-order valence-corrected chi connectivity index (χ1v) is 12.5. The number of aromatic nitrogens is 1. The van der Waals surface area contributed by atoms with Gasteiger partial charge in [0.05, 0.1) is 21.3 Å². The number of halogens is 2. The number of benzene rings is 1. The molecule has 0 spiro atoms. The number of thioether (sulfide) groups is 1. The van der Waals surface area contributed by atoms with Crippen molar-refractivity contribution in [2.24, 2.45) is 29.6 Å². The number of hydrogen-bond donors (Lipinski definition) is 2. The van der Waals surface area contributed by atoms with Crippen LogP contribution in [0.3, 0.4) is 0 Å². The van der Waals surface area contributed by atoms with Crippen LogP contribution in [-0.4, -0.2) is 27.3 Å². The predicted octanol–water partition coefficient (Wildman–Crippen LogP) is 3.85. The topological polar surface area (TPSA) is 96.5 Å². The zero-order valence-corrected chi connectivity index (χ0v) is 19.4. The zero-order valence-electron chi connectivity index (χ0n) is 14.6. The molecule has 10 heteroatoms. The Morgan fingerprint density at radius 2 is 1.83 bits per heavy atom. The van der Waals surface area contributed by atoms with E-state index in [9.17, 15) is 19.5 Å². The molecule has 2 aromatic rings. The van der Waals surface area contributed by atoms with Crippen LogP contribution in [0.5, 0.6) is 5.75 Å². The second-order valence-corrected chi connectivity index (χ2v) is 12.0. The van der Waals surface area contributed by atoms with E-state index >= 15 is 0 Å². The molecule has 6 rings (SSSR count). The van der Waals surface area contributed by atoms with E-state index in [0.717, 1.165) is 37.7 Å². The van der Waals surface area contributed by atoms with Crippen LogP contribution in [0.15, 0.2) is 30.9 Å². The Morgan fingerprint density at radius 3 is 2.59 bits per heavy atom. The number of aromatic hydroxyl groups is 1. The number of nitrogens with one attached hydrogen (secondary N) is 1. The second-order valence-electron chi connectivity index (χ2n) is 8.03. The third-order valence-electron chi connectivity index (χ3n) is 6.85. The third kappa shape index (κ3) is 2.43. The number of phenols is 1. The molecule has 2 aliphatic heterocycles. The maximum absolute atomic E-state index is 12.4. The van der Waals surface area contributed by atoms with Gasteiger partial charge in [0.1, 0.15) is 5.75 Å². The lowest BCUT2D eigenvalue weighted by Crippen LogP contribution is -2.42. The SMILES string of the molecule is O=C1OC(=O)[C@H]2[C@H]3C[C@H]([C@@H]12)[C@H]1[C@@H](c2cc(Br)cc(Br)c2O)c2sc(=O)[nH]c2S[C@@H]31. The Hall–Kier alpha value is -1.10. The van der Waals surface area contributed by atoms with E-state index in [1.807, 2.05) is 6.07 Å². The van der Waals surface area contributed by atoms with Gasteiger partial charge in [-0.15, -0.1) is 11.8 Å². The summed E-state index contributed by atoms with van der Waals surface area (Å²) in [7, 11) is 0. The van der Waals surface area contributed by atoms with Crippen LogP contribution in [0.4, 0.5) is 0 Å². The minimum Gasteiger partial charge on any atom is -0.506 e. The first-order valence-electron chi connectivity index (χ1n) is 9.18. The normalized spacial score (nSPS) is 36.7. The van der Waals surface area contributed by atoms with Gasteiger partial charge in [-0.25, -0.2) is 0 Å². The molecule has 6 nitrogen and oxygen atoms in total. The number of aromatic amines is 1. The van der Waals surface area contributed by atoms with Gasteiger partial charge in [0, 0.05) is 26.1 Å². The van der Waals surface area contributed by atoms with Gasteiger partial charge in [0.15, 0.2) is 0 Å². The van der Waals surface area contributed by atoms with Gasteiger partial charge in [0.2, 0.25) is 0 Å². The number of rotatable bonds is 1. The van der Waals surface area contributed by atoms with Crippen LogP contribution in [0, 0.1) is 29.6 Å². The van der Waals surface area contributed by atoms with Gasteiger partial charge >= 0.3 is 16.8 Å². The molecular weight excluding hydrogens is 546 g/mol. The third-order valence-corrected chi connectivity index (χ3v) is 10.5. The summed E-state index contributed by atoms with van der Waals surface area (Å²) < 4.78 is 6.37. The van der Waals surface area contributed by atoms with Crippen molar-refractivity contribution in [2.75, 3.05) is 0 Å². The monoisotopic (exact) mass is 557 g/mol. The summed E-state index contributed by atoms with van der Waals surface area (Å²) in [5.41, 5.74) is 0.722. The molecule has 2 N–H and O–H groups in total. The Balaban J connectivity index is 1.56. The number of hydrogen-bond acceptors (Lipinski definition) is 7. The summed E-state index contributed by atoms with van der Waals surface area (Å²) in [5.74, 6) is -1.62. The number of esters is 2. The fourth-order valence-corrected chi connectivity index (χ4v) is 10.1. The molecule has 0 unspecified atom stereocenters. The molecular formula is C19H13Br2NO5S2. The lowest BCUT2D eigenvalue weighted by atomic mass is 9.68. The van der Waals surface area contributed by atoms with Gasteiger partial charge in [-0.3, -0.25) is 14.4 Å². The minimum absolute atomic E-state index is 0.00559. The van der Waals surface area contributed by atoms with Crippen molar-refractivity contribution in [1.82, 2.24) is 4.98 Å². The van der Waals surface area contributed by atoms with Crippen molar-refractivity contribution >= 4 is 66.9 Å². The van der Waals surface area contributed by atoms with Crippen molar-refractivity contribution in [3.8, 4) is 5.75 Å². The average Bonchev–Trinajstić information content (AvgIpc) is 3.37. The van der Waals surface area contributed by atoms with Gasteiger partial charge < -0.3 is 14.8 Å². The maximum Gasteiger partial charge on any atom is 0.317 e. The predicted molar refractivity (Wildman–Crippen MR) is 113 cm³/mol. The summed E-state index contributed by atoms with van der Waals surface area (Å²) in [6, 6.07) is 3.66. The molecule has 7 atom stereocenters. The largest absolute Gasteiger partial charge is 0.506 e. The van der Waals surface area contributed by atoms with Crippen molar-refractivity contribution in [3.63, 3.8) is 0 Å². The van der Waals surface area contributed by atoms with Crippen LogP contribution in [0.25, 0.3) is 0 Å². The second kappa shape index (κ2) is 6.21. The molecule has 4 aliphatic rings. The highest BCUT2D eigenvalue weighted by Gasteiger charge is 2.69. The number of fused-ring (bicyclic) bond motifs is 9. The molecule has 3 heterocycles. The Morgan fingerprint density at radius 1 is 1.10 bits per heavy atom. The van der Waals surface area contributed by atoms with Crippen molar-refractivity contribution in [3.05, 3.63) is 41.2 Å². The molecule has 2 saturated carbocycles. The molecule has 0 radical (unpaired) electrons. The average molecular weight is 559 g/mol. The van der Waals surface area contributed by atoms with Crippen LogP contribution < -0.4 is 4.87 Å². The highest BCUT2D eigenvalue weighted by atomic mass is 79.9. The highest BCUT2D eigenvalue weighted by molar-refractivity contribution is 9.11. The van der Waals surface area contributed by atoms with E-state index in [4.69, 9.17) is 4.74 Å². The number of carbonyl (C=O) groups is 2. The number of phenolic OH excluding ortho intramolecular Hbond substituents is 1. The summed E-state index contributed by atoms with van der Waals surface area (Å²) in [4.78, 5) is 40.6. The van der Waals surface area contributed by atoms with Gasteiger partial charge in [0.25, 0.3) is 0 Å². The summed E-state index contributed by atoms with van der Waals surface area (Å²) in [6.07, 6.45) is 0.796. The highest BCUT2D eigenvalue weighted by Crippen LogP contribution is 2.68. The molecule has 2 bridgehead atoms. The van der Waals surface area contributed by atoms with Crippen LogP contribution in [0.2, 0.25) is 0 Å². The van der Waals surface area contributed by atoms with E-state index in [-0.39, 0.29) is 45.5 Å². The fourth-order valence-electron chi connectivity index (χ4n) is 5.99. The molecule has 1 aromatic carbocycles. The molecule has 1 saturated heterocycles. The molecule has 0 amide bonds. The summed E-state index contributed by atoms with van der Waals surface area (Å²) in [5, 5.41) is 11.8. The van der Waals surface area contributed by atoms with E-state index in [1.165, 1.54) is 0 Å². The van der Waals surface area contributed by atoms with E-state index in [1.54, 1.807) is 17.8 Å². The van der Waals surface area contributed by atoms with Crippen LogP contribution in [-0.2, 0) is 14.3 Å². The lowest BCUT2D eigenvalue weighted by Gasteiger charge is -2.42. The molecule has 1 aromatic heterocycles. The molecule has 2 aliphatic carbocycles. The van der Waals surface area contributed by atoms with E-state index < -0.39 is 17.9 Å². The van der Waals surface area contributed by atoms with E-state index in [2.05, 4.69) is 36.8 Å². The first-order chi connectivity index (χ1) is 13.8. The minimum atomic E-state index is -0.414. The number of thiazole rings is 1. The molecule has 3 fully saturated rings. The molecule has 29 heavy (non-hydrogen) atoms. The number of cyclic esters (lactones) is 2. The van der Waals surface area contributed by atoms with Crippen LogP contribution >= 0.6 is 55.0 Å². The fraction of sp³-hybridized carbons (Fsp3) is 0.421. The Kier molecular flexibility index (Phi) is 3.99. The Labute approximate surface area is 189 Å². The van der Waals surface area contributed by atoms with Gasteiger partial charge in [-0.2, -0.15) is 0 Å². The zero-order chi connectivity index (χ0) is 20.2.